The van der Waals surface area contributed by atoms with Crippen LogP contribution < -0.4 is 21.3 Å². The molecule has 4 amide bonds. The van der Waals surface area contributed by atoms with E-state index in [-0.39, 0.29) is 25.4 Å². The van der Waals surface area contributed by atoms with Crippen molar-refractivity contribution in [3.63, 3.8) is 0 Å². The van der Waals surface area contributed by atoms with Crippen molar-refractivity contribution in [2.24, 2.45) is 11.8 Å². The smallest absolute Gasteiger partial charge is 0.408 e. The van der Waals surface area contributed by atoms with Gasteiger partial charge in [-0.15, -0.1) is 0 Å². The first-order valence-corrected chi connectivity index (χ1v) is 20.6. The Hall–Kier alpha value is -6.13. The molecule has 0 radical (unpaired) electrons. The summed E-state index contributed by atoms with van der Waals surface area (Å²) in [5, 5.41) is 53.5. The molecule has 4 aromatic carbocycles. The molecule has 15 heteroatoms. The fourth-order valence-corrected chi connectivity index (χ4v) is 6.62. The van der Waals surface area contributed by atoms with Gasteiger partial charge < -0.3 is 51.2 Å². The van der Waals surface area contributed by atoms with Gasteiger partial charge in [0, 0.05) is 0 Å². The number of aliphatic hydroxyl groups excluding tert-OH is 4. The third-order valence-corrected chi connectivity index (χ3v) is 10.00. The van der Waals surface area contributed by atoms with E-state index in [1.807, 2.05) is 66.7 Å². The van der Waals surface area contributed by atoms with Crippen LogP contribution in [0.2, 0.25) is 0 Å². The predicted molar refractivity (Wildman–Crippen MR) is 230 cm³/mol. The number of esters is 1. The van der Waals surface area contributed by atoms with Crippen LogP contribution in [0.25, 0.3) is 0 Å². The standard InChI is InChI=1S/C47H58N4O11/c1-29(2)25-36(49-45(58)39(30(3)4)51-47(60)61-28-31-17-9-5-10-18-31)44(57)50-37(27-52)40(54)41(55)42(56)46(59)48-35(32-19-11-6-12-20-32)26-38(53)62-43(33-21-13-7-14-22-33)34-23-15-8-16-24-34/h5-24,29-30,35-37,39-43,52,54-56H,25-28H2,1-4H3,(H,48,59)(H,49,58)(H,50,57)(H,51,60)/t35-,36-,37-,39+,40+,41+,42-/m0/s1. The van der Waals surface area contributed by atoms with Crippen LogP contribution >= 0.6 is 0 Å². The summed E-state index contributed by atoms with van der Waals surface area (Å²) in [6, 6.07) is 30.6. The molecule has 4 rings (SSSR count). The zero-order chi connectivity index (χ0) is 45.2. The van der Waals surface area contributed by atoms with Crippen molar-refractivity contribution >= 4 is 29.8 Å². The number of carbonyl (C=O) groups is 5. The molecule has 8 N–H and O–H groups in total. The van der Waals surface area contributed by atoms with Crippen LogP contribution in [0.5, 0.6) is 0 Å². The molecule has 0 aliphatic heterocycles. The van der Waals surface area contributed by atoms with Gasteiger partial charge in [-0.05, 0) is 40.5 Å². The maximum atomic E-state index is 13.6. The second-order valence-corrected chi connectivity index (χ2v) is 15.7. The third kappa shape index (κ3) is 14.8. The Morgan fingerprint density at radius 3 is 1.61 bits per heavy atom. The summed E-state index contributed by atoms with van der Waals surface area (Å²) in [5.41, 5.74) is 2.66. The molecular weight excluding hydrogens is 797 g/mol. The summed E-state index contributed by atoms with van der Waals surface area (Å²) < 4.78 is 11.2. The first-order chi connectivity index (χ1) is 29.7. The molecular formula is C47H58N4O11. The number of rotatable bonds is 22. The number of carbonyl (C=O) groups excluding carboxylic acids is 5. The molecule has 0 spiro atoms. The Balaban J connectivity index is 1.41. The number of aliphatic hydroxyl groups is 4. The van der Waals surface area contributed by atoms with Crippen LogP contribution in [0.4, 0.5) is 4.79 Å². The average Bonchev–Trinajstić information content (AvgIpc) is 3.28. The lowest BCUT2D eigenvalue weighted by Gasteiger charge is -2.31. The highest BCUT2D eigenvalue weighted by Gasteiger charge is 2.38. The number of alkyl carbamates (subject to hydrolysis) is 1. The maximum absolute atomic E-state index is 13.6. The minimum atomic E-state index is -2.30. The Bertz CT molecular complexity index is 1970. The molecule has 0 unspecified atom stereocenters. The van der Waals surface area contributed by atoms with E-state index in [2.05, 4.69) is 21.3 Å². The van der Waals surface area contributed by atoms with Crippen LogP contribution in [0.3, 0.4) is 0 Å². The normalized spacial score (nSPS) is 14.7. The molecule has 0 fully saturated rings. The Kier molecular flexibility index (Phi) is 19.1. The van der Waals surface area contributed by atoms with E-state index in [1.165, 1.54) is 0 Å². The fraction of sp³-hybridized carbons (Fsp3) is 0.383. The molecule has 332 valence electrons. The van der Waals surface area contributed by atoms with Gasteiger partial charge in [0.05, 0.1) is 25.1 Å². The maximum Gasteiger partial charge on any atom is 0.408 e. The van der Waals surface area contributed by atoms with Gasteiger partial charge in [0.1, 0.15) is 30.9 Å². The quantitative estimate of drug-likeness (QED) is 0.0533. The minimum Gasteiger partial charge on any atom is -0.452 e. The van der Waals surface area contributed by atoms with Gasteiger partial charge in [-0.1, -0.05) is 149 Å². The molecule has 0 heterocycles. The van der Waals surface area contributed by atoms with Gasteiger partial charge in [0.2, 0.25) is 11.8 Å². The SMILES string of the molecule is CC(C)C[C@H](NC(=O)[C@H](NC(=O)OCc1ccccc1)C(C)C)C(=O)N[C@@H](CO)[C@@H](O)[C@@H](O)[C@H](O)C(=O)N[C@@H](CC(=O)OC(c1ccccc1)c1ccccc1)c1ccccc1. The largest absolute Gasteiger partial charge is 0.452 e. The second kappa shape index (κ2) is 24.3. The van der Waals surface area contributed by atoms with Crippen LogP contribution in [0, 0.1) is 11.8 Å². The van der Waals surface area contributed by atoms with Crippen LogP contribution in [0.15, 0.2) is 121 Å². The van der Waals surface area contributed by atoms with E-state index in [0.717, 1.165) is 16.7 Å². The van der Waals surface area contributed by atoms with Gasteiger partial charge >= 0.3 is 12.1 Å². The monoisotopic (exact) mass is 854 g/mol. The molecule has 0 saturated carbocycles. The van der Waals surface area contributed by atoms with Crippen molar-refractivity contribution in [1.29, 1.82) is 0 Å². The number of nitrogens with one attached hydrogen (secondary N) is 4. The fourth-order valence-electron chi connectivity index (χ4n) is 6.62. The number of amides is 4. The molecule has 0 aliphatic rings. The van der Waals surface area contributed by atoms with Crippen molar-refractivity contribution < 1.29 is 53.9 Å². The molecule has 62 heavy (non-hydrogen) atoms. The molecule has 0 saturated heterocycles. The van der Waals surface area contributed by atoms with Crippen molar-refractivity contribution in [3.05, 3.63) is 144 Å². The Morgan fingerprint density at radius 2 is 1.11 bits per heavy atom. The van der Waals surface area contributed by atoms with Gasteiger partial charge in [0.15, 0.2) is 12.2 Å². The molecule has 7 atom stereocenters. The van der Waals surface area contributed by atoms with Crippen molar-refractivity contribution in [2.45, 2.75) is 95.7 Å². The van der Waals surface area contributed by atoms with E-state index < -0.39 is 90.9 Å². The van der Waals surface area contributed by atoms with Crippen LogP contribution in [-0.2, 0) is 35.3 Å². The molecule has 0 aromatic heterocycles. The van der Waals surface area contributed by atoms with Gasteiger partial charge in [-0.3, -0.25) is 19.2 Å². The molecule has 0 bridgehead atoms. The van der Waals surface area contributed by atoms with Crippen molar-refractivity contribution in [3.8, 4) is 0 Å². The number of benzene rings is 4. The summed E-state index contributed by atoms with van der Waals surface area (Å²) in [4.78, 5) is 66.8. The van der Waals surface area contributed by atoms with E-state index in [9.17, 15) is 44.4 Å². The van der Waals surface area contributed by atoms with Gasteiger partial charge in [0.25, 0.3) is 5.91 Å². The molecule has 15 nitrogen and oxygen atoms in total. The third-order valence-electron chi connectivity index (χ3n) is 10.00. The van der Waals surface area contributed by atoms with E-state index in [0.29, 0.717) is 5.56 Å². The topological polar surface area (TPSA) is 233 Å². The Morgan fingerprint density at radius 1 is 0.597 bits per heavy atom. The van der Waals surface area contributed by atoms with E-state index in [4.69, 9.17) is 9.47 Å². The average molecular weight is 855 g/mol. The summed E-state index contributed by atoms with van der Waals surface area (Å²) in [7, 11) is 0. The highest BCUT2D eigenvalue weighted by Crippen LogP contribution is 2.28. The predicted octanol–water partition coefficient (Wildman–Crippen LogP) is 3.61. The van der Waals surface area contributed by atoms with Crippen molar-refractivity contribution in [2.75, 3.05) is 6.61 Å². The zero-order valence-corrected chi connectivity index (χ0v) is 35.3. The molecule has 0 aliphatic carbocycles. The number of hydrogen-bond donors (Lipinski definition) is 8. The van der Waals surface area contributed by atoms with Crippen molar-refractivity contribution in [1.82, 2.24) is 21.3 Å². The summed E-state index contributed by atoms with van der Waals surface area (Å²) in [6.07, 6.45) is -8.53. The lowest BCUT2D eigenvalue weighted by Crippen LogP contribution is -2.60. The molecule has 4 aromatic rings. The first-order valence-electron chi connectivity index (χ1n) is 20.6. The highest BCUT2D eigenvalue weighted by atomic mass is 16.6. The second-order valence-electron chi connectivity index (χ2n) is 15.7. The zero-order valence-electron chi connectivity index (χ0n) is 35.3. The van der Waals surface area contributed by atoms with E-state index in [1.54, 1.807) is 82.3 Å². The van der Waals surface area contributed by atoms with Crippen LogP contribution in [-0.4, -0.2) is 93.3 Å². The van der Waals surface area contributed by atoms with Gasteiger partial charge in [-0.25, -0.2) is 4.79 Å². The number of ether oxygens (including phenoxy) is 2. The highest BCUT2D eigenvalue weighted by molar-refractivity contribution is 5.91. The lowest BCUT2D eigenvalue weighted by atomic mass is 9.97. The van der Waals surface area contributed by atoms with E-state index >= 15 is 0 Å². The number of hydrogen-bond acceptors (Lipinski definition) is 11. The lowest BCUT2D eigenvalue weighted by molar-refractivity contribution is -0.149. The first kappa shape index (κ1) is 48.5. The summed E-state index contributed by atoms with van der Waals surface area (Å²) in [5.74, 6) is -3.96. The van der Waals surface area contributed by atoms with Gasteiger partial charge in [-0.2, -0.15) is 0 Å². The minimum absolute atomic E-state index is 0.0302. The van der Waals surface area contributed by atoms with Crippen LogP contribution in [0.1, 0.15) is 74.9 Å². The Labute approximate surface area is 361 Å². The summed E-state index contributed by atoms with van der Waals surface area (Å²) in [6.45, 7) is 6.03. The summed E-state index contributed by atoms with van der Waals surface area (Å²) >= 11 is 0.